The van der Waals surface area contributed by atoms with Gasteiger partial charge in [0.1, 0.15) is 17.7 Å². The number of ether oxygens (including phenoxy) is 1. The van der Waals surface area contributed by atoms with Crippen molar-refractivity contribution in [3.05, 3.63) is 23.8 Å². The Hall–Kier alpha value is -1.16. The highest BCUT2D eigenvalue weighted by Gasteiger charge is 2.24. The predicted octanol–water partition coefficient (Wildman–Crippen LogP) is 4.04. The van der Waals surface area contributed by atoms with Crippen LogP contribution in [0.1, 0.15) is 45.1 Å². The van der Waals surface area contributed by atoms with E-state index in [-0.39, 0.29) is 11.9 Å². The molecule has 3 nitrogen and oxygen atoms in total. The Morgan fingerprint density at radius 1 is 1.40 bits per heavy atom. The van der Waals surface area contributed by atoms with Gasteiger partial charge in [-0.3, -0.25) is 5.41 Å². The first-order chi connectivity index (χ1) is 9.63. The van der Waals surface area contributed by atoms with Gasteiger partial charge < -0.3 is 10.5 Å². The molecule has 0 amide bonds. The van der Waals surface area contributed by atoms with E-state index in [0.717, 1.165) is 28.4 Å². The Labute approximate surface area is 125 Å². The van der Waals surface area contributed by atoms with E-state index >= 15 is 0 Å². The zero-order valence-corrected chi connectivity index (χ0v) is 13.1. The quantitative estimate of drug-likeness (QED) is 0.489. The van der Waals surface area contributed by atoms with Gasteiger partial charge in [0.15, 0.2) is 0 Å². The molecule has 0 heterocycles. The molecule has 1 aliphatic carbocycles. The van der Waals surface area contributed by atoms with E-state index in [1.54, 1.807) is 11.8 Å². The minimum atomic E-state index is 0.0972. The zero-order chi connectivity index (χ0) is 14.5. The number of hydrogen-bond donors (Lipinski definition) is 2. The van der Waals surface area contributed by atoms with Crippen molar-refractivity contribution in [2.45, 2.75) is 50.5 Å². The van der Waals surface area contributed by atoms with Crippen LogP contribution in [0.25, 0.3) is 0 Å². The lowest BCUT2D eigenvalue weighted by atomic mass is 9.88. The number of rotatable bonds is 5. The summed E-state index contributed by atoms with van der Waals surface area (Å²) in [6, 6.07) is 5.95. The number of benzene rings is 1. The van der Waals surface area contributed by atoms with Crippen LogP contribution in [0.4, 0.5) is 0 Å². The van der Waals surface area contributed by atoms with Gasteiger partial charge in [0.05, 0.1) is 5.56 Å². The molecule has 0 aromatic heterocycles. The van der Waals surface area contributed by atoms with E-state index in [2.05, 4.69) is 13.8 Å². The third-order valence-electron chi connectivity index (χ3n) is 3.87. The Bertz CT molecular complexity index is 476. The fourth-order valence-electron chi connectivity index (χ4n) is 2.77. The lowest BCUT2D eigenvalue weighted by molar-refractivity contribution is 0.102. The maximum atomic E-state index is 7.85. The van der Waals surface area contributed by atoms with Crippen molar-refractivity contribution in [1.29, 1.82) is 5.41 Å². The van der Waals surface area contributed by atoms with Crippen LogP contribution in [0.3, 0.4) is 0 Å². The van der Waals surface area contributed by atoms with Crippen LogP contribution in [-0.4, -0.2) is 17.7 Å². The van der Waals surface area contributed by atoms with E-state index in [0.29, 0.717) is 5.92 Å². The summed E-state index contributed by atoms with van der Waals surface area (Å²) in [5.74, 6) is 2.41. The Morgan fingerprint density at radius 3 is 2.80 bits per heavy atom. The van der Waals surface area contributed by atoms with Crippen LogP contribution in [-0.2, 0) is 0 Å². The van der Waals surface area contributed by atoms with Gasteiger partial charge in [0, 0.05) is 4.90 Å². The Balaban J connectivity index is 2.26. The van der Waals surface area contributed by atoms with E-state index in [4.69, 9.17) is 15.9 Å². The SMILES string of the molecule is CCSc1cccc(OC2CCCCC2C)c1C(=N)N. The van der Waals surface area contributed by atoms with Crippen LogP contribution < -0.4 is 10.5 Å². The van der Waals surface area contributed by atoms with Crippen molar-refractivity contribution in [2.24, 2.45) is 11.7 Å². The number of nitrogen functional groups attached to an aromatic ring is 1. The summed E-state index contributed by atoms with van der Waals surface area (Å²) in [5.41, 5.74) is 6.54. The molecule has 4 heteroatoms. The Kier molecular flexibility index (Phi) is 5.35. The van der Waals surface area contributed by atoms with E-state index < -0.39 is 0 Å². The van der Waals surface area contributed by atoms with Crippen molar-refractivity contribution < 1.29 is 4.74 Å². The fraction of sp³-hybridized carbons (Fsp3) is 0.562. The standard InChI is InChI=1S/C16H24N2OS/c1-3-20-14-10-6-9-13(15(14)16(17)18)19-12-8-5-4-7-11(12)2/h6,9-12H,3-5,7-8H2,1-2H3,(H3,17,18). The summed E-state index contributed by atoms with van der Waals surface area (Å²) in [7, 11) is 0. The van der Waals surface area contributed by atoms with Gasteiger partial charge in [0.2, 0.25) is 0 Å². The van der Waals surface area contributed by atoms with Gasteiger partial charge in [0.25, 0.3) is 0 Å². The van der Waals surface area contributed by atoms with Crippen molar-refractivity contribution in [3.63, 3.8) is 0 Å². The first kappa shape index (κ1) is 15.2. The number of nitrogens with two attached hydrogens (primary N) is 1. The minimum absolute atomic E-state index is 0.0972. The van der Waals surface area contributed by atoms with Gasteiger partial charge in [-0.2, -0.15) is 0 Å². The molecule has 0 spiro atoms. The van der Waals surface area contributed by atoms with Gasteiger partial charge >= 0.3 is 0 Å². The molecule has 2 atom stereocenters. The van der Waals surface area contributed by atoms with Crippen LogP contribution in [0, 0.1) is 11.3 Å². The fourth-order valence-corrected chi connectivity index (χ4v) is 3.61. The highest BCUT2D eigenvalue weighted by Crippen LogP contribution is 2.33. The molecule has 1 aliphatic rings. The normalized spacial score (nSPS) is 22.5. The highest BCUT2D eigenvalue weighted by atomic mass is 32.2. The van der Waals surface area contributed by atoms with E-state index in [1.165, 1.54) is 19.3 Å². The van der Waals surface area contributed by atoms with Crippen molar-refractivity contribution in [1.82, 2.24) is 0 Å². The van der Waals surface area contributed by atoms with Crippen molar-refractivity contribution in [3.8, 4) is 5.75 Å². The van der Waals surface area contributed by atoms with Crippen LogP contribution in [0.15, 0.2) is 23.1 Å². The average molecular weight is 292 g/mol. The van der Waals surface area contributed by atoms with Gasteiger partial charge in [-0.15, -0.1) is 11.8 Å². The largest absolute Gasteiger partial charge is 0.489 e. The van der Waals surface area contributed by atoms with Crippen LogP contribution in [0.5, 0.6) is 5.75 Å². The van der Waals surface area contributed by atoms with Crippen molar-refractivity contribution >= 4 is 17.6 Å². The molecule has 1 fully saturated rings. The summed E-state index contributed by atoms with van der Waals surface area (Å²) in [6.07, 6.45) is 5.11. The molecule has 2 unspecified atom stereocenters. The second-order valence-corrected chi connectivity index (χ2v) is 6.70. The Morgan fingerprint density at radius 2 is 2.15 bits per heavy atom. The zero-order valence-electron chi connectivity index (χ0n) is 12.3. The molecule has 0 aliphatic heterocycles. The topological polar surface area (TPSA) is 59.1 Å². The van der Waals surface area contributed by atoms with E-state index in [9.17, 15) is 0 Å². The molecule has 0 bridgehead atoms. The third-order valence-corrected chi connectivity index (χ3v) is 4.81. The molecule has 1 aromatic carbocycles. The maximum Gasteiger partial charge on any atom is 0.131 e. The maximum absolute atomic E-state index is 7.85. The molecule has 0 saturated heterocycles. The van der Waals surface area contributed by atoms with Gasteiger partial charge in [-0.1, -0.05) is 26.3 Å². The van der Waals surface area contributed by atoms with Crippen molar-refractivity contribution in [2.75, 3.05) is 5.75 Å². The molecular formula is C16H24N2OS. The van der Waals surface area contributed by atoms with Crippen LogP contribution in [0.2, 0.25) is 0 Å². The first-order valence-electron chi connectivity index (χ1n) is 7.40. The molecule has 3 N–H and O–H groups in total. The molecule has 1 aromatic rings. The van der Waals surface area contributed by atoms with Gasteiger partial charge in [-0.05, 0) is 43.1 Å². The second-order valence-electron chi connectivity index (χ2n) is 5.39. The summed E-state index contributed by atoms with van der Waals surface area (Å²) < 4.78 is 6.21. The highest BCUT2D eigenvalue weighted by molar-refractivity contribution is 7.99. The summed E-state index contributed by atoms with van der Waals surface area (Å²) in [5, 5.41) is 7.85. The smallest absolute Gasteiger partial charge is 0.131 e. The molecular weight excluding hydrogens is 268 g/mol. The average Bonchev–Trinajstić information content (AvgIpc) is 2.41. The monoisotopic (exact) mass is 292 g/mol. The number of thioether (sulfide) groups is 1. The minimum Gasteiger partial charge on any atom is -0.489 e. The molecule has 110 valence electrons. The van der Waals surface area contributed by atoms with Crippen LogP contribution >= 0.6 is 11.8 Å². The molecule has 0 radical (unpaired) electrons. The predicted molar refractivity (Wildman–Crippen MR) is 85.9 cm³/mol. The summed E-state index contributed by atoms with van der Waals surface area (Å²) in [4.78, 5) is 1.04. The first-order valence-corrected chi connectivity index (χ1v) is 8.39. The summed E-state index contributed by atoms with van der Waals surface area (Å²) in [6.45, 7) is 4.35. The number of nitrogens with one attached hydrogen (secondary N) is 1. The lowest BCUT2D eigenvalue weighted by Crippen LogP contribution is -2.29. The van der Waals surface area contributed by atoms with Gasteiger partial charge in [-0.25, -0.2) is 0 Å². The molecule has 20 heavy (non-hydrogen) atoms. The number of hydrogen-bond acceptors (Lipinski definition) is 3. The third kappa shape index (κ3) is 3.48. The second kappa shape index (κ2) is 7.02. The number of amidine groups is 1. The lowest BCUT2D eigenvalue weighted by Gasteiger charge is -2.30. The molecule has 1 saturated carbocycles. The van der Waals surface area contributed by atoms with E-state index in [1.807, 2.05) is 18.2 Å². The summed E-state index contributed by atoms with van der Waals surface area (Å²) >= 11 is 1.71. The molecule has 2 rings (SSSR count).